The number of nitrogens with one attached hydrogen (secondary N) is 1. The van der Waals surface area contributed by atoms with Gasteiger partial charge in [0.25, 0.3) is 23.4 Å². The molecule has 0 aliphatic carbocycles. The van der Waals surface area contributed by atoms with Crippen molar-refractivity contribution >= 4 is 35.1 Å². The van der Waals surface area contributed by atoms with Crippen LogP contribution in [0, 0.1) is 10.1 Å². The number of hydrogen-bond acceptors (Lipinski definition) is 8. The zero-order chi connectivity index (χ0) is 24.8. The van der Waals surface area contributed by atoms with Crippen LogP contribution < -0.4 is 10.1 Å². The minimum Gasteiger partial charge on any atom is -0.497 e. The topological polar surface area (TPSA) is 145 Å². The van der Waals surface area contributed by atoms with Crippen molar-refractivity contribution in [2.24, 2.45) is 0 Å². The van der Waals surface area contributed by atoms with Gasteiger partial charge in [0.15, 0.2) is 6.61 Å². The van der Waals surface area contributed by atoms with Gasteiger partial charge in [0.2, 0.25) is 0 Å². The molecule has 178 valence electrons. The summed E-state index contributed by atoms with van der Waals surface area (Å²) < 4.78 is 10.1. The van der Waals surface area contributed by atoms with Crippen LogP contribution in [0.1, 0.15) is 46.9 Å². The van der Waals surface area contributed by atoms with E-state index in [2.05, 4.69) is 5.32 Å². The van der Waals surface area contributed by atoms with Crippen molar-refractivity contribution in [2.45, 2.75) is 32.2 Å². The van der Waals surface area contributed by atoms with Crippen LogP contribution >= 0.6 is 0 Å². The summed E-state index contributed by atoms with van der Waals surface area (Å²) in [5.41, 5.74) is -0.102. The Morgan fingerprint density at radius 1 is 1.12 bits per heavy atom. The molecule has 1 aliphatic heterocycles. The lowest BCUT2D eigenvalue weighted by atomic mass is 10.1. The number of carbonyl (C=O) groups is 4. The first-order valence-corrected chi connectivity index (χ1v) is 10.5. The van der Waals surface area contributed by atoms with E-state index in [1.54, 1.807) is 12.1 Å². The summed E-state index contributed by atoms with van der Waals surface area (Å²) >= 11 is 0. The summed E-state index contributed by atoms with van der Waals surface area (Å²) in [5.74, 6) is -2.67. The van der Waals surface area contributed by atoms with E-state index in [0.29, 0.717) is 12.8 Å². The molecule has 1 N–H and O–H groups in total. The van der Waals surface area contributed by atoms with Crippen molar-refractivity contribution in [3.63, 3.8) is 0 Å². The second-order valence-corrected chi connectivity index (χ2v) is 7.48. The van der Waals surface area contributed by atoms with Crippen LogP contribution in [0.5, 0.6) is 5.75 Å². The van der Waals surface area contributed by atoms with Gasteiger partial charge in [-0.05, 0) is 24.6 Å². The predicted octanol–water partition coefficient (Wildman–Crippen LogP) is 2.94. The zero-order valence-corrected chi connectivity index (χ0v) is 18.6. The van der Waals surface area contributed by atoms with E-state index < -0.39 is 41.3 Å². The van der Waals surface area contributed by atoms with Gasteiger partial charge < -0.3 is 14.8 Å². The Labute approximate surface area is 194 Å². The molecule has 0 aromatic heterocycles. The zero-order valence-electron chi connectivity index (χ0n) is 18.6. The van der Waals surface area contributed by atoms with Gasteiger partial charge in [-0.25, -0.2) is 4.79 Å². The number of rotatable bonds is 10. The number of methoxy groups -OCH3 is 1. The number of ether oxygens (including phenoxy) is 2. The van der Waals surface area contributed by atoms with Gasteiger partial charge in [0.05, 0.1) is 23.2 Å². The average molecular weight is 469 g/mol. The molecular formula is C23H23N3O8. The third-order valence-corrected chi connectivity index (χ3v) is 5.26. The summed E-state index contributed by atoms with van der Waals surface area (Å²) in [7, 11) is 1.37. The van der Waals surface area contributed by atoms with E-state index in [9.17, 15) is 29.3 Å². The monoisotopic (exact) mass is 469 g/mol. The average Bonchev–Trinajstić information content (AvgIpc) is 3.08. The number of esters is 1. The fourth-order valence-corrected chi connectivity index (χ4v) is 3.56. The minimum atomic E-state index is -1.20. The maximum atomic E-state index is 12.8. The number of imide groups is 1. The van der Waals surface area contributed by atoms with Crippen LogP contribution in [0.15, 0.2) is 42.5 Å². The van der Waals surface area contributed by atoms with Gasteiger partial charge in [-0.2, -0.15) is 0 Å². The first-order chi connectivity index (χ1) is 16.3. The number of hydrogen-bond donors (Lipinski definition) is 1. The molecule has 3 rings (SSSR count). The molecule has 3 amide bonds. The Morgan fingerprint density at radius 2 is 1.76 bits per heavy atom. The van der Waals surface area contributed by atoms with Crippen LogP contribution in [-0.4, -0.2) is 53.3 Å². The SMILES string of the molecule is CCCC[C@@H](C(=O)OCC(=O)Nc1cc(OC)ccc1[N+](=O)[O-])N1C(=O)c2ccccc2C1=O. The van der Waals surface area contributed by atoms with Crippen LogP contribution in [-0.2, 0) is 14.3 Å². The highest BCUT2D eigenvalue weighted by Gasteiger charge is 2.43. The maximum Gasteiger partial charge on any atom is 0.329 e. The molecule has 11 heteroatoms. The van der Waals surface area contributed by atoms with Crippen LogP contribution in [0.3, 0.4) is 0 Å². The van der Waals surface area contributed by atoms with Gasteiger partial charge >= 0.3 is 5.97 Å². The van der Waals surface area contributed by atoms with E-state index in [4.69, 9.17) is 9.47 Å². The number of benzene rings is 2. The highest BCUT2D eigenvalue weighted by Crippen LogP contribution is 2.29. The second kappa shape index (κ2) is 10.6. The third-order valence-electron chi connectivity index (χ3n) is 5.26. The lowest BCUT2D eigenvalue weighted by Crippen LogP contribution is -2.46. The number of nitrogens with zero attached hydrogens (tertiary/aromatic N) is 2. The molecule has 0 spiro atoms. The first-order valence-electron chi connectivity index (χ1n) is 10.5. The Kier molecular flexibility index (Phi) is 7.57. The van der Waals surface area contributed by atoms with Crippen LogP contribution in [0.25, 0.3) is 0 Å². The van der Waals surface area contributed by atoms with E-state index in [1.165, 1.54) is 37.4 Å². The largest absolute Gasteiger partial charge is 0.497 e. The van der Waals surface area contributed by atoms with Gasteiger partial charge in [0, 0.05) is 12.1 Å². The summed E-state index contributed by atoms with van der Waals surface area (Å²) in [6, 6.07) is 8.85. The first kappa shape index (κ1) is 24.4. The van der Waals surface area contributed by atoms with Gasteiger partial charge in [-0.15, -0.1) is 0 Å². The Balaban J connectivity index is 1.72. The molecule has 34 heavy (non-hydrogen) atoms. The quantitative estimate of drug-likeness (QED) is 0.242. The lowest BCUT2D eigenvalue weighted by Gasteiger charge is -2.24. The Hall–Kier alpha value is -4.28. The lowest BCUT2D eigenvalue weighted by molar-refractivity contribution is -0.383. The number of carbonyl (C=O) groups excluding carboxylic acids is 4. The number of nitro benzene ring substituents is 1. The van der Waals surface area contributed by atoms with Gasteiger partial charge in [-0.3, -0.25) is 29.4 Å². The predicted molar refractivity (Wildman–Crippen MR) is 119 cm³/mol. The van der Waals surface area contributed by atoms with Crippen molar-refractivity contribution < 1.29 is 33.6 Å². The normalized spacial score (nSPS) is 13.3. The number of fused-ring (bicyclic) bond motifs is 1. The van der Waals surface area contributed by atoms with E-state index in [1.807, 2.05) is 6.92 Å². The van der Waals surface area contributed by atoms with Crippen molar-refractivity contribution in [3.8, 4) is 5.75 Å². The van der Waals surface area contributed by atoms with E-state index >= 15 is 0 Å². The van der Waals surface area contributed by atoms with Crippen molar-refractivity contribution in [2.75, 3.05) is 19.0 Å². The van der Waals surface area contributed by atoms with E-state index in [-0.39, 0.29) is 34.7 Å². The summed E-state index contributed by atoms with van der Waals surface area (Å²) in [6.45, 7) is 1.12. The molecule has 1 atom stereocenters. The fraction of sp³-hybridized carbons (Fsp3) is 0.304. The fourth-order valence-electron chi connectivity index (χ4n) is 3.56. The molecule has 0 saturated heterocycles. The van der Waals surface area contributed by atoms with Gasteiger partial charge in [0.1, 0.15) is 17.5 Å². The van der Waals surface area contributed by atoms with Crippen molar-refractivity contribution in [1.82, 2.24) is 4.90 Å². The highest BCUT2D eigenvalue weighted by atomic mass is 16.6. The van der Waals surface area contributed by atoms with Crippen molar-refractivity contribution in [1.29, 1.82) is 0 Å². The molecule has 0 unspecified atom stereocenters. The summed E-state index contributed by atoms with van der Waals surface area (Å²) in [5, 5.41) is 13.5. The number of unbranched alkanes of at least 4 members (excludes halogenated alkanes) is 1. The number of anilines is 1. The summed E-state index contributed by atoms with van der Waals surface area (Å²) in [4.78, 5) is 62.2. The molecule has 2 aromatic rings. The molecule has 11 nitrogen and oxygen atoms in total. The molecule has 0 bridgehead atoms. The van der Waals surface area contributed by atoms with Crippen molar-refractivity contribution in [3.05, 3.63) is 63.7 Å². The van der Waals surface area contributed by atoms with Crippen LogP contribution in [0.4, 0.5) is 11.4 Å². The molecular weight excluding hydrogens is 446 g/mol. The second-order valence-electron chi connectivity index (χ2n) is 7.48. The number of amides is 3. The molecule has 0 fully saturated rings. The summed E-state index contributed by atoms with van der Waals surface area (Å²) in [6.07, 6.45) is 1.41. The Morgan fingerprint density at radius 3 is 2.32 bits per heavy atom. The standard InChI is InChI=1S/C23H23N3O8/c1-3-4-9-19(25-21(28)15-7-5-6-8-16(15)22(25)29)23(30)34-13-20(27)24-17-12-14(33-2)10-11-18(17)26(31)32/h5-8,10-12,19H,3-4,9,13H2,1-2H3,(H,24,27)/t19-/m0/s1. The highest BCUT2D eigenvalue weighted by molar-refractivity contribution is 6.22. The smallest absolute Gasteiger partial charge is 0.329 e. The molecule has 2 aromatic carbocycles. The Bertz CT molecular complexity index is 1110. The maximum absolute atomic E-state index is 12.8. The van der Waals surface area contributed by atoms with E-state index in [0.717, 1.165) is 4.90 Å². The molecule has 0 radical (unpaired) electrons. The third kappa shape index (κ3) is 5.03. The molecule has 1 heterocycles. The molecule has 1 aliphatic rings. The minimum absolute atomic E-state index is 0.131. The van der Waals surface area contributed by atoms with Gasteiger partial charge in [-0.1, -0.05) is 31.9 Å². The number of nitro groups is 1. The molecule has 0 saturated carbocycles. The van der Waals surface area contributed by atoms with Crippen LogP contribution in [0.2, 0.25) is 0 Å².